The van der Waals surface area contributed by atoms with Crippen LogP contribution in [-0.2, 0) is 0 Å². The molecule has 0 saturated heterocycles. The van der Waals surface area contributed by atoms with Crippen LogP contribution in [0.25, 0.3) is 0 Å². The maximum Gasteiger partial charge on any atom is 0.122 e. The molecule has 0 aliphatic carbocycles. The predicted molar refractivity (Wildman–Crippen MR) is 74.8 cm³/mol. The lowest BCUT2D eigenvalue weighted by molar-refractivity contribution is 0.292. The highest BCUT2D eigenvalue weighted by molar-refractivity contribution is 5.40. The molecule has 1 N–H and O–H groups in total. The SMILES string of the molecule is C#CCCC(NCCC)C1COc2ccccc21. The molecule has 2 unspecified atom stereocenters. The van der Waals surface area contributed by atoms with Gasteiger partial charge in [-0.3, -0.25) is 0 Å². The normalized spacial score (nSPS) is 18.8. The molecule has 0 spiro atoms. The molecule has 1 aliphatic rings. The van der Waals surface area contributed by atoms with E-state index in [1.165, 1.54) is 5.56 Å². The Morgan fingerprint density at radius 2 is 2.33 bits per heavy atom. The van der Waals surface area contributed by atoms with Gasteiger partial charge in [-0.05, 0) is 25.5 Å². The fraction of sp³-hybridized carbons (Fsp3) is 0.500. The van der Waals surface area contributed by atoms with Gasteiger partial charge in [0.2, 0.25) is 0 Å². The van der Waals surface area contributed by atoms with Gasteiger partial charge in [0.05, 0.1) is 6.61 Å². The predicted octanol–water partition coefficient (Wildman–Crippen LogP) is 2.94. The number of fused-ring (bicyclic) bond motifs is 1. The van der Waals surface area contributed by atoms with Gasteiger partial charge in [-0.1, -0.05) is 25.1 Å². The quantitative estimate of drug-likeness (QED) is 0.776. The van der Waals surface area contributed by atoms with Crippen molar-refractivity contribution in [3.05, 3.63) is 29.8 Å². The number of rotatable bonds is 6. The molecule has 2 nitrogen and oxygen atoms in total. The highest BCUT2D eigenvalue weighted by Gasteiger charge is 2.30. The summed E-state index contributed by atoms with van der Waals surface area (Å²) >= 11 is 0. The van der Waals surface area contributed by atoms with Crippen molar-refractivity contribution in [2.24, 2.45) is 0 Å². The molecule has 0 radical (unpaired) electrons. The molecule has 1 heterocycles. The zero-order valence-corrected chi connectivity index (χ0v) is 11.0. The van der Waals surface area contributed by atoms with Crippen molar-refractivity contribution in [3.8, 4) is 18.1 Å². The summed E-state index contributed by atoms with van der Waals surface area (Å²) < 4.78 is 5.76. The van der Waals surface area contributed by atoms with Gasteiger partial charge in [-0.15, -0.1) is 12.3 Å². The third-order valence-electron chi connectivity index (χ3n) is 3.48. The molecule has 96 valence electrons. The number of nitrogens with one attached hydrogen (secondary N) is 1. The van der Waals surface area contributed by atoms with E-state index in [9.17, 15) is 0 Å². The molecule has 0 aromatic heterocycles. The molecule has 2 rings (SSSR count). The van der Waals surface area contributed by atoms with E-state index in [1.54, 1.807) is 0 Å². The van der Waals surface area contributed by atoms with Crippen molar-refractivity contribution in [2.75, 3.05) is 13.2 Å². The van der Waals surface area contributed by atoms with Crippen LogP contribution in [0.15, 0.2) is 24.3 Å². The minimum atomic E-state index is 0.421. The average molecular weight is 243 g/mol. The number of terminal acetylenes is 1. The van der Waals surface area contributed by atoms with Crippen LogP contribution in [-0.4, -0.2) is 19.2 Å². The number of ether oxygens (including phenoxy) is 1. The van der Waals surface area contributed by atoms with Gasteiger partial charge in [-0.25, -0.2) is 0 Å². The van der Waals surface area contributed by atoms with E-state index in [4.69, 9.17) is 11.2 Å². The fourth-order valence-corrected chi connectivity index (χ4v) is 2.53. The van der Waals surface area contributed by atoms with Crippen molar-refractivity contribution < 1.29 is 4.74 Å². The van der Waals surface area contributed by atoms with Gasteiger partial charge in [0, 0.05) is 23.9 Å². The van der Waals surface area contributed by atoms with Crippen LogP contribution in [0.1, 0.15) is 37.7 Å². The number of hydrogen-bond donors (Lipinski definition) is 1. The summed E-state index contributed by atoms with van der Waals surface area (Å²) in [5, 5.41) is 3.61. The Kier molecular flexibility index (Phi) is 4.66. The lowest BCUT2D eigenvalue weighted by Crippen LogP contribution is -2.36. The Labute approximate surface area is 110 Å². The molecule has 18 heavy (non-hydrogen) atoms. The average Bonchev–Trinajstić information content (AvgIpc) is 2.83. The van der Waals surface area contributed by atoms with Crippen LogP contribution in [0.3, 0.4) is 0 Å². The monoisotopic (exact) mass is 243 g/mol. The third-order valence-corrected chi connectivity index (χ3v) is 3.48. The minimum absolute atomic E-state index is 0.421. The van der Waals surface area contributed by atoms with Crippen molar-refractivity contribution in [3.63, 3.8) is 0 Å². The van der Waals surface area contributed by atoms with Crippen LogP contribution < -0.4 is 10.1 Å². The highest BCUT2D eigenvalue weighted by Crippen LogP contribution is 2.36. The van der Waals surface area contributed by atoms with Crippen LogP contribution in [0, 0.1) is 12.3 Å². The second kappa shape index (κ2) is 6.47. The molecular weight excluding hydrogens is 222 g/mol. The van der Waals surface area contributed by atoms with Gasteiger partial charge < -0.3 is 10.1 Å². The smallest absolute Gasteiger partial charge is 0.122 e. The molecular formula is C16H21NO. The first-order valence-electron chi connectivity index (χ1n) is 6.75. The minimum Gasteiger partial charge on any atom is -0.493 e. The first kappa shape index (κ1) is 13.0. The Hall–Kier alpha value is -1.46. The summed E-state index contributed by atoms with van der Waals surface area (Å²) in [7, 11) is 0. The summed E-state index contributed by atoms with van der Waals surface area (Å²) in [6.07, 6.45) is 8.36. The Bertz CT molecular complexity index is 421. The first-order valence-corrected chi connectivity index (χ1v) is 6.75. The maximum atomic E-state index is 5.76. The maximum absolute atomic E-state index is 5.76. The first-order chi connectivity index (χ1) is 8.86. The number of benzene rings is 1. The topological polar surface area (TPSA) is 21.3 Å². The van der Waals surface area contributed by atoms with E-state index >= 15 is 0 Å². The molecule has 2 heteroatoms. The van der Waals surface area contributed by atoms with Crippen molar-refractivity contribution in [2.45, 2.75) is 38.1 Å². The number of para-hydroxylation sites is 1. The largest absolute Gasteiger partial charge is 0.493 e. The van der Waals surface area contributed by atoms with Gasteiger partial charge in [0.25, 0.3) is 0 Å². The van der Waals surface area contributed by atoms with Gasteiger partial charge in [0.15, 0.2) is 0 Å². The Morgan fingerprint density at radius 1 is 1.50 bits per heavy atom. The van der Waals surface area contributed by atoms with Crippen LogP contribution in [0.4, 0.5) is 0 Å². The fourth-order valence-electron chi connectivity index (χ4n) is 2.53. The third kappa shape index (κ3) is 2.86. The zero-order chi connectivity index (χ0) is 12.8. The molecule has 1 aromatic rings. The second-order valence-electron chi connectivity index (χ2n) is 4.76. The van der Waals surface area contributed by atoms with Gasteiger partial charge >= 0.3 is 0 Å². The lowest BCUT2D eigenvalue weighted by Gasteiger charge is -2.23. The highest BCUT2D eigenvalue weighted by atomic mass is 16.5. The summed E-state index contributed by atoms with van der Waals surface area (Å²) in [5.41, 5.74) is 1.32. The Balaban J connectivity index is 2.09. The van der Waals surface area contributed by atoms with E-state index in [-0.39, 0.29) is 0 Å². The molecule has 1 aliphatic heterocycles. The zero-order valence-electron chi connectivity index (χ0n) is 11.0. The van der Waals surface area contributed by atoms with E-state index in [1.807, 2.05) is 12.1 Å². The summed E-state index contributed by atoms with van der Waals surface area (Å²) in [6.45, 7) is 3.99. The summed E-state index contributed by atoms with van der Waals surface area (Å²) in [4.78, 5) is 0. The van der Waals surface area contributed by atoms with Crippen molar-refractivity contribution in [1.82, 2.24) is 5.32 Å². The van der Waals surface area contributed by atoms with Gasteiger partial charge in [-0.2, -0.15) is 0 Å². The van der Waals surface area contributed by atoms with Crippen LogP contribution in [0.2, 0.25) is 0 Å². The standard InChI is InChI=1S/C16H21NO/c1-3-5-9-15(17-11-4-2)14-12-18-16-10-7-6-8-13(14)16/h1,6-8,10,14-15,17H,4-5,9,11-12H2,2H3. The van der Waals surface area contributed by atoms with E-state index in [0.29, 0.717) is 12.0 Å². The van der Waals surface area contributed by atoms with Gasteiger partial charge in [0.1, 0.15) is 5.75 Å². The summed E-state index contributed by atoms with van der Waals surface area (Å²) in [5.74, 6) is 4.21. The molecule has 0 fully saturated rings. The van der Waals surface area contributed by atoms with Crippen LogP contribution >= 0.6 is 0 Å². The summed E-state index contributed by atoms with van der Waals surface area (Å²) in [6, 6.07) is 8.75. The van der Waals surface area contributed by atoms with E-state index in [2.05, 4.69) is 30.3 Å². The number of hydrogen-bond acceptors (Lipinski definition) is 2. The van der Waals surface area contributed by atoms with Crippen molar-refractivity contribution >= 4 is 0 Å². The van der Waals surface area contributed by atoms with E-state index < -0.39 is 0 Å². The lowest BCUT2D eigenvalue weighted by atomic mass is 9.90. The van der Waals surface area contributed by atoms with Crippen molar-refractivity contribution in [1.29, 1.82) is 0 Å². The molecule has 2 atom stereocenters. The molecule has 0 saturated carbocycles. The second-order valence-corrected chi connectivity index (χ2v) is 4.76. The Morgan fingerprint density at radius 3 is 3.11 bits per heavy atom. The van der Waals surface area contributed by atoms with Crippen LogP contribution in [0.5, 0.6) is 5.75 Å². The molecule has 1 aromatic carbocycles. The van der Waals surface area contributed by atoms with E-state index in [0.717, 1.165) is 38.2 Å². The molecule has 0 amide bonds. The molecule has 0 bridgehead atoms.